The smallest absolute Gasteiger partial charge is 0.119 e. The molecule has 1 atom stereocenters. The van der Waals surface area contributed by atoms with Gasteiger partial charge in [0.05, 0.1) is 13.7 Å². The van der Waals surface area contributed by atoms with Crippen LogP contribution in [0.25, 0.3) is 0 Å². The molecule has 0 saturated heterocycles. The van der Waals surface area contributed by atoms with Crippen LogP contribution in [-0.4, -0.2) is 26.7 Å². The Kier molecular flexibility index (Phi) is 5.51. The van der Waals surface area contributed by atoms with Crippen molar-refractivity contribution in [2.24, 2.45) is 5.92 Å². The lowest BCUT2D eigenvalue weighted by Crippen LogP contribution is -2.13. The van der Waals surface area contributed by atoms with Crippen LogP contribution in [-0.2, 0) is 11.2 Å². The van der Waals surface area contributed by atoms with Gasteiger partial charge in [0.1, 0.15) is 5.75 Å². The quantitative estimate of drug-likeness (QED) is 0.697. The lowest BCUT2D eigenvalue weighted by atomic mass is 10.0. The van der Waals surface area contributed by atoms with Gasteiger partial charge in [0.15, 0.2) is 0 Å². The fourth-order valence-corrected chi connectivity index (χ4v) is 1.72. The summed E-state index contributed by atoms with van der Waals surface area (Å²) in [6.07, 6.45) is 0.925. The molecule has 0 bridgehead atoms. The fourth-order valence-electron chi connectivity index (χ4n) is 1.53. The van der Waals surface area contributed by atoms with Crippen molar-refractivity contribution in [1.29, 1.82) is 0 Å². The van der Waals surface area contributed by atoms with E-state index in [0.717, 1.165) is 12.2 Å². The molecule has 0 amide bonds. The van der Waals surface area contributed by atoms with Crippen LogP contribution >= 0.6 is 11.6 Å². The Morgan fingerprint density at radius 3 is 2.73 bits per heavy atom. The highest BCUT2D eigenvalue weighted by molar-refractivity contribution is 6.18. The Labute approximate surface area is 96.2 Å². The van der Waals surface area contributed by atoms with Gasteiger partial charge in [-0.05, 0) is 30.0 Å². The second kappa shape index (κ2) is 6.70. The van der Waals surface area contributed by atoms with E-state index in [2.05, 4.69) is 6.07 Å². The van der Waals surface area contributed by atoms with Crippen LogP contribution in [0, 0.1) is 5.92 Å². The average molecular weight is 229 g/mol. The van der Waals surface area contributed by atoms with Crippen molar-refractivity contribution in [3.63, 3.8) is 0 Å². The van der Waals surface area contributed by atoms with Gasteiger partial charge >= 0.3 is 0 Å². The minimum Gasteiger partial charge on any atom is -0.497 e. The zero-order valence-electron chi connectivity index (χ0n) is 9.20. The third-order valence-corrected chi connectivity index (χ3v) is 2.72. The molecule has 0 heterocycles. The Bertz CT molecular complexity index is 289. The largest absolute Gasteiger partial charge is 0.497 e. The summed E-state index contributed by atoms with van der Waals surface area (Å²) in [5.74, 6) is 1.87. The maximum Gasteiger partial charge on any atom is 0.119 e. The molecule has 0 spiro atoms. The molecule has 1 aromatic rings. The van der Waals surface area contributed by atoms with Crippen LogP contribution < -0.4 is 4.74 Å². The molecule has 0 aromatic heterocycles. The molecule has 0 radical (unpaired) electrons. The number of benzene rings is 1. The molecular formula is C12H17ClO2. The molecule has 15 heavy (non-hydrogen) atoms. The monoisotopic (exact) mass is 228 g/mol. The van der Waals surface area contributed by atoms with Crippen molar-refractivity contribution in [1.82, 2.24) is 0 Å². The van der Waals surface area contributed by atoms with Crippen LogP contribution in [0.5, 0.6) is 5.75 Å². The maximum atomic E-state index is 5.86. The summed E-state index contributed by atoms with van der Waals surface area (Å²) < 4.78 is 10.3. The maximum absolute atomic E-state index is 5.86. The van der Waals surface area contributed by atoms with Gasteiger partial charge in [-0.25, -0.2) is 0 Å². The SMILES string of the molecule is COCC(CCl)Cc1cccc(OC)c1. The molecule has 2 nitrogen and oxygen atoms in total. The minimum absolute atomic E-state index is 0.365. The lowest BCUT2D eigenvalue weighted by Gasteiger charge is -2.13. The van der Waals surface area contributed by atoms with E-state index in [1.165, 1.54) is 5.56 Å². The van der Waals surface area contributed by atoms with Gasteiger partial charge in [-0.3, -0.25) is 0 Å². The topological polar surface area (TPSA) is 18.5 Å². The second-order valence-electron chi connectivity index (χ2n) is 3.53. The van der Waals surface area contributed by atoms with E-state index in [1.54, 1.807) is 14.2 Å². The highest BCUT2D eigenvalue weighted by Gasteiger charge is 2.08. The summed E-state index contributed by atoms with van der Waals surface area (Å²) in [4.78, 5) is 0. The predicted octanol–water partition coefficient (Wildman–Crippen LogP) is 2.74. The lowest BCUT2D eigenvalue weighted by molar-refractivity contribution is 0.161. The third kappa shape index (κ3) is 4.10. The summed E-state index contributed by atoms with van der Waals surface area (Å²) in [5, 5.41) is 0. The van der Waals surface area contributed by atoms with Gasteiger partial charge in [-0.15, -0.1) is 11.6 Å². The molecule has 0 N–H and O–H groups in total. The van der Waals surface area contributed by atoms with Crippen molar-refractivity contribution < 1.29 is 9.47 Å². The number of alkyl halides is 1. The zero-order chi connectivity index (χ0) is 11.1. The van der Waals surface area contributed by atoms with Crippen LogP contribution in [0.2, 0.25) is 0 Å². The molecule has 0 aliphatic heterocycles. The fraction of sp³-hybridized carbons (Fsp3) is 0.500. The Morgan fingerprint density at radius 1 is 1.33 bits per heavy atom. The van der Waals surface area contributed by atoms with Crippen LogP contribution in [0.1, 0.15) is 5.56 Å². The summed E-state index contributed by atoms with van der Waals surface area (Å²) in [5.41, 5.74) is 1.23. The standard InChI is InChI=1S/C12H17ClO2/c1-14-9-11(8-13)6-10-4-3-5-12(7-10)15-2/h3-5,7,11H,6,8-9H2,1-2H3. The van der Waals surface area contributed by atoms with Gasteiger partial charge in [-0.1, -0.05) is 12.1 Å². The van der Waals surface area contributed by atoms with E-state index in [1.807, 2.05) is 18.2 Å². The first-order valence-electron chi connectivity index (χ1n) is 4.98. The number of methoxy groups -OCH3 is 2. The highest BCUT2D eigenvalue weighted by atomic mass is 35.5. The number of halogens is 1. The van der Waals surface area contributed by atoms with E-state index in [-0.39, 0.29) is 0 Å². The summed E-state index contributed by atoms with van der Waals surface area (Å²) >= 11 is 5.86. The van der Waals surface area contributed by atoms with Gasteiger partial charge in [-0.2, -0.15) is 0 Å². The summed E-state index contributed by atoms with van der Waals surface area (Å²) in [6.45, 7) is 0.695. The zero-order valence-corrected chi connectivity index (χ0v) is 9.96. The first kappa shape index (κ1) is 12.3. The molecule has 1 unspecified atom stereocenters. The van der Waals surface area contributed by atoms with Crippen molar-refractivity contribution in [2.75, 3.05) is 26.7 Å². The van der Waals surface area contributed by atoms with Crippen LogP contribution in [0.4, 0.5) is 0 Å². The van der Waals surface area contributed by atoms with E-state index in [4.69, 9.17) is 21.1 Å². The van der Waals surface area contributed by atoms with Crippen molar-refractivity contribution in [2.45, 2.75) is 6.42 Å². The molecule has 0 aliphatic rings. The average Bonchev–Trinajstić information content (AvgIpc) is 2.29. The molecule has 0 fully saturated rings. The first-order chi connectivity index (χ1) is 7.30. The summed E-state index contributed by atoms with van der Waals surface area (Å²) in [6, 6.07) is 8.05. The van der Waals surface area contributed by atoms with E-state index in [0.29, 0.717) is 18.4 Å². The van der Waals surface area contributed by atoms with Gasteiger partial charge < -0.3 is 9.47 Å². The number of hydrogen-bond donors (Lipinski definition) is 0. The molecule has 0 saturated carbocycles. The number of rotatable bonds is 6. The Hall–Kier alpha value is -0.730. The van der Waals surface area contributed by atoms with Crippen molar-refractivity contribution in [3.05, 3.63) is 29.8 Å². The van der Waals surface area contributed by atoms with Crippen molar-refractivity contribution >= 4 is 11.6 Å². The van der Waals surface area contributed by atoms with Crippen LogP contribution in [0.3, 0.4) is 0 Å². The summed E-state index contributed by atoms with van der Waals surface area (Å²) in [7, 11) is 3.37. The molecule has 1 rings (SSSR count). The minimum atomic E-state index is 0.365. The second-order valence-corrected chi connectivity index (χ2v) is 3.84. The van der Waals surface area contributed by atoms with E-state index >= 15 is 0 Å². The molecule has 84 valence electrons. The number of hydrogen-bond acceptors (Lipinski definition) is 2. The highest BCUT2D eigenvalue weighted by Crippen LogP contribution is 2.16. The van der Waals surface area contributed by atoms with E-state index in [9.17, 15) is 0 Å². The van der Waals surface area contributed by atoms with Crippen LogP contribution in [0.15, 0.2) is 24.3 Å². The predicted molar refractivity (Wildman–Crippen MR) is 62.8 cm³/mol. The van der Waals surface area contributed by atoms with Gasteiger partial charge in [0, 0.05) is 13.0 Å². The molecule has 3 heteroatoms. The third-order valence-electron chi connectivity index (χ3n) is 2.28. The van der Waals surface area contributed by atoms with Crippen molar-refractivity contribution in [3.8, 4) is 5.75 Å². The molecule has 0 aliphatic carbocycles. The van der Waals surface area contributed by atoms with E-state index < -0.39 is 0 Å². The Balaban J connectivity index is 2.61. The van der Waals surface area contributed by atoms with Gasteiger partial charge in [0.25, 0.3) is 0 Å². The number of ether oxygens (including phenoxy) is 2. The van der Waals surface area contributed by atoms with Gasteiger partial charge in [0.2, 0.25) is 0 Å². The Morgan fingerprint density at radius 2 is 2.13 bits per heavy atom. The molecule has 1 aromatic carbocycles. The first-order valence-corrected chi connectivity index (χ1v) is 5.51. The molecular weight excluding hydrogens is 212 g/mol. The normalized spacial score (nSPS) is 12.5.